The Morgan fingerprint density at radius 3 is 2.50 bits per heavy atom. The van der Waals surface area contributed by atoms with E-state index in [0.717, 1.165) is 27.8 Å². The molecular weight excluding hydrogens is 378 g/mol. The molecule has 0 radical (unpaired) electrons. The molecule has 0 aliphatic carbocycles. The molecule has 2 aromatic carbocycles. The summed E-state index contributed by atoms with van der Waals surface area (Å²) in [5, 5.41) is 6.49. The molecule has 0 spiro atoms. The lowest BCUT2D eigenvalue weighted by Crippen LogP contribution is -2.20. The highest BCUT2D eigenvalue weighted by Gasteiger charge is 2.17. The normalized spacial score (nSPS) is 10.7. The van der Waals surface area contributed by atoms with Crippen molar-refractivity contribution < 1.29 is 9.59 Å². The number of benzene rings is 2. The maximum absolute atomic E-state index is 12.4. The Bertz CT molecular complexity index is 1260. The quantitative estimate of drug-likeness (QED) is 0.402. The fourth-order valence-corrected chi connectivity index (χ4v) is 3.38. The van der Waals surface area contributed by atoms with Gasteiger partial charge in [-0.15, -0.1) is 0 Å². The average Bonchev–Trinajstić information content (AvgIpc) is 3.11. The summed E-state index contributed by atoms with van der Waals surface area (Å²) >= 11 is 0. The number of aromatic amines is 1. The number of amides is 3. The van der Waals surface area contributed by atoms with Crippen LogP contribution in [0.25, 0.3) is 22.2 Å². The van der Waals surface area contributed by atoms with Gasteiger partial charge in [-0.2, -0.15) is 0 Å². The predicted octanol–water partition coefficient (Wildman–Crippen LogP) is 4.59. The molecule has 5 N–H and O–H groups in total. The molecule has 2 aromatic heterocycles. The van der Waals surface area contributed by atoms with Crippen molar-refractivity contribution in [2.45, 2.75) is 13.8 Å². The van der Waals surface area contributed by atoms with Crippen LogP contribution in [0.3, 0.4) is 0 Å². The SMILES string of the molecule is Cc1ccc(C)c(NC(=O)Nc2ccc(-c3c(C(N)=O)[nH]c4ncccc34)cc2)c1. The number of aromatic nitrogens is 2. The number of nitrogens with two attached hydrogens (primary N) is 1. The topological polar surface area (TPSA) is 113 Å². The Labute approximate surface area is 173 Å². The number of carbonyl (C=O) groups excluding carboxylic acids is 2. The number of nitrogens with zero attached hydrogens (tertiary/aromatic N) is 1. The summed E-state index contributed by atoms with van der Waals surface area (Å²) in [5.41, 5.74) is 11.4. The number of nitrogens with one attached hydrogen (secondary N) is 3. The Balaban J connectivity index is 1.57. The fourth-order valence-electron chi connectivity index (χ4n) is 3.38. The molecule has 0 unspecified atom stereocenters. The van der Waals surface area contributed by atoms with Crippen molar-refractivity contribution in [3.8, 4) is 11.1 Å². The molecule has 30 heavy (non-hydrogen) atoms. The van der Waals surface area contributed by atoms with Crippen LogP contribution in [-0.2, 0) is 0 Å². The third-order valence-electron chi connectivity index (χ3n) is 4.89. The second-order valence-corrected chi connectivity index (χ2v) is 7.11. The summed E-state index contributed by atoms with van der Waals surface area (Å²) in [5.74, 6) is -0.557. The van der Waals surface area contributed by atoms with Gasteiger partial charge in [-0.25, -0.2) is 9.78 Å². The number of urea groups is 1. The highest BCUT2D eigenvalue weighted by atomic mass is 16.2. The van der Waals surface area contributed by atoms with Crippen LogP contribution >= 0.6 is 0 Å². The van der Waals surface area contributed by atoms with Crippen LogP contribution < -0.4 is 16.4 Å². The summed E-state index contributed by atoms with van der Waals surface area (Å²) in [6.07, 6.45) is 1.65. The highest BCUT2D eigenvalue weighted by molar-refractivity contribution is 6.08. The first-order chi connectivity index (χ1) is 14.4. The first-order valence-electron chi connectivity index (χ1n) is 9.44. The van der Waals surface area contributed by atoms with Crippen molar-refractivity contribution in [1.29, 1.82) is 0 Å². The molecule has 0 aliphatic heterocycles. The van der Waals surface area contributed by atoms with Gasteiger partial charge in [0.1, 0.15) is 11.3 Å². The number of rotatable bonds is 4. The van der Waals surface area contributed by atoms with Gasteiger partial charge in [0.25, 0.3) is 5.91 Å². The first kappa shape index (κ1) is 19.2. The minimum atomic E-state index is -0.557. The van der Waals surface area contributed by atoms with Gasteiger partial charge < -0.3 is 21.4 Å². The molecule has 0 fully saturated rings. The Morgan fingerprint density at radius 1 is 1.00 bits per heavy atom. The maximum atomic E-state index is 12.4. The lowest BCUT2D eigenvalue weighted by molar-refractivity contribution is 0.0997. The number of carbonyl (C=O) groups is 2. The molecule has 7 heteroatoms. The van der Waals surface area contributed by atoms with Crippen molar-refractivity contribution in [3.63, 3.8) is 0 Å². The average molecular weight is 399 g/mol. The zero-order valence-corrected chi connectivity index (χ0v) is 16.6. The van der Waals surface area contributed by atoms with E-state index in [2.05, 4.69) is 20.6 Å². The van der Waals surface area contributed by atoms with Gasteiger partial charge in [-0.1, -0.05) is 24.3 Å². The van der Waals surface area contributed by atoms with Crippen LogP contribution in [0.4, 0.5) is 16.2 Å². The van der Waals surface area contributed by atoms with Crippen molar-refractivity contribution >= 4 is 34.3 Å². The van der Waals surface area contributed by atoms with Crippen molar-refractivity contribution in [3.05, 3.63) is 77.6 Å². The van der Waals surface area contributed by atoms with Gasteiger partial charge in [0.15, 0.2) is 0 Å². The zero-order chi connectivity index (χ0) is 21.3. The second-order valence-electron chi connectivity index (χ2n) is 7.11. The van der Waals surface area contributed by atoms with E-state index in [9.17, 15) is 9.59 Å². The van der Waals surface area contributed by atoms with E-state index in [-0.39, 0.29) is 6.03 Å². The minimum absolute atomic E-state index is 0.303. The number of pyridine rings is 1. The monoisotopic (exact) mass is 399 g/mol. The molecule has 7 nitrogen and oxygen atoms in total. The second kappa shape index (κ2) is 7.71. The number of hydrogen-bond acceptors (Lipinski definition) is 3. The molecule has 3 amide bonds. The largest absolute Gasteiger partial charge is 0.364 e. The highest BCUT2D eigenvalue weighted by Crippen LogP contribution is 2.32. The minimum Gasteiger partial charge on any atom is -0.364 e. The maximum Gasteiger partial charge on any atom is 0.323 e. The van der Waals surface area contributed by atoms with Gasteiger partial charge in [-0.05, 0) is 60.9 Å². The van der Waals surface area contributed by atoms with Crippen LogP contribution in [0, 0.1) is 13.8 Å². The number of primary amides is 1. The molecule has 4 rings (SSSR count). The van der Waals surface area contributed by atoms with Crippen LogP contribution in [-0.4, -0.2) is 21.9 Å². The van der Waals surface area contributed by atoms with Gasteiger partial charge in [0.2, 0.25) is 0 Å². The van der Waals surface area contributed by atoms with E-state index < -0.39 is 5.91 Å². The van der Waals surface area contributed by atoms with E-state index in [0.29, 0.717) is 22.6 Å². The third kappa shape index (κ3) is 3.73. The molecule has 2 heterocycles. The number of fused-ring (bicyclic) bond motifs is 1. The summed E-state index contributed by atoms with van der Waals surface area (Å²) in [7, 11) is 0. The van der Waals surface area contributed by atoms with E-state index in [1.165, 1.54) is 0 Å². The van der Waals surface area contributed by atoms with Crippen molar-refractivity contribution in [2.75, 3.05) is 10.6 Å². The van der Waals surface area contributed by atoms with E-state index in [1.807, 2.05) is 50.2 Å². The number of H-pyrrole nitrogens is 1. The number of anilines is 2. The van der Waals surface area contributed by atoms with Crippen LogP contribution in [0.5, 0.6) is 0 Å². The van der Waals surface area contributed by atoms with E-state index in [1.54, 1.807) is 24.4 Å². The standard InChI is InChI=1S/C23H21N5O2/c1-13-5-6-14(2)18(12-13)27-23(30)26-16-9-7-15(8-10-16)19-17-4-3-11-25-22(17)28-20(19)21(24)29/h3-12H,1-2H3,(H2,24,29)(H,25,28)(H2,26,27,30). The van der Waals surface area contributed by atoms with Crippen LogP contribution in [0.15, 0.2) is 60.8 Å². The summed E-state index contributed by atoms with van der Waals surface area (Å²) in [4.78, 5) is 31.5. The zero-order valence-electron chi connectivity index (χ0n) is 16.6. The van der Waals surface area contributed by atoms with E-state index >= 15 is 0 Å². The van der Waals surface area contributed by atoms with Crippen molar-refractivity contribution in [1.82, 2.24) is 9.97 Å². The molecular formula is C23H21N5O2. The van der Waals surface area contributed by atoms with Gasteiger partial charge in [0, 0.05) is 28.5 Å². The molecule has 0 aliphatic rings. The van der Waals surface area contributed by atoms with E-state index in [4.69, 9.17) is 5.73 Å². The fraction of sp³-hybridized carbons (Fsp3) is 0.0870. The number of aryl methyl sites for hydroxylation is 2. The summed E-state index contributed by atoms with van der Waals surface area (Å²) < 4.78 is 0. The smallest absolute Gasteiger partial charge is 0.323 e. The van der Waals surface area contributed by atoms with Crippen molar-refractivity contribution in [2.24, 2.45) is 5.73 Å². The molecule has 0 saturated carbocycles. The lowest BCUT2D eigenvalue weighted by atomic mass is 10.0. The molecule has 150 valence electrons. The Morgan fingerprint density at radius 2 is 1.77 bits per heavy atom. The summed E-state index contributed by atoms with van der Waals surface area (Å²) in [6, 6.07) is 16.5. The van der Waals surface area contributed by atoms with Crippen LogP contribution in [0.1, 0.15) is 21.6 Å². The molecule has 0 bridgehead atoms. The number of hydrogen-bond donors (Lipinski definition) is 4. The molecule has 0 saturated heterocycles. The molecule has 0 atom stereocenters. The van der Waals surface area contributed by atoms with Gasteiger partial charge in [-0.3, -0.25) is 4.79 Å². The predicted molar refractivity (Wildman–Crippen MR) is 119 cm³/mol. The molecule has 4 aromatic rings. The lowest BCUT2D eigenvalue weighted by Gasteiger charge is -2.11. The van der Waals surface area contributed by atoms with Gasteiger partial charge >= 0.3 is 6.03 Å². The van der Waals surface area contributed by atoms with Gasteiger partial charge in [0.05, 0.1) is 0 Å². The van der Waals surface area contributed by atoms with Crippen LogP contribution in [0.2, 0.25) is 0 Å². The Kier molecular flexibility index (Phi) is 4.93. The first-order valence-corrected chi connectivity index (χ1v) is 9.44. The Hall–Kier alpha value is -4.13. The third-order valence-corrected chi connectivity index (χ3v) is 4.89. The summed E-state index contributed by atoms with van der Waals surface area (Å²) in [6.45, 7) is 3.91.